The first-order chi connectivity index (χ1) is 10.4. The van der Waals surface area contributed by atoms with E-state index < -0.39 is 21.7 Å². The third-order valence-corrected chi connectivity index (χ3v) is 5.23. The highest BCUT2D eigenvalue weighted by atomic mass is 32.2. The van der Waals surface area contributed by atoms with Crippen molar-refractivity contribution >= 4 is 27.4 Å². The molecule has 1 amide bonds. The van der Waals surface area contributed by atoms with Gasteiger partial charge in [0.2, 0.25) is 9.84 Å². The number of hydrogen-bond donors (Lipinski definition) is 1. The number of hydrogen-bond acceptors (Lipinski definition) is 5. The molecule has 0 bridgehead atoms. The minimum atomic E-state index is -3.86. The van der Waals surface area contributed by atoms with E-state index in [1.54, 1.807) is 12.1 Å². The molecule has 0 saturated heterocycles. The Balaban J connectivity index is 2.28. The van der Waals surface area contributed by atoms with Crippen LogP contribution in [0.15, 0.2) is 52.3 Å². The smallest absolute Gasteiger partial charge is 0.337 e. The van der Waals surface area contributed by atoms with E-state index in [0.717, 1.165) is 0 Å². The highest BCUT2D eigenvalue weighted by molar-refractivity contribution is 7.91. The Kier molecular flexibility index (Phi) is 3.22. The molecule has 6 nitrogen and oxygen atoms in total. The molecule has 7 heteroatoms. The number of methoxy groups -OCH3 is 1. The van der Waals surface area contributed by atoms with Crippen molar-refractivity contribution in [1.29, 1.82) is 0 Å². The lowest BCUT2D eigenvalue weighted by Gasteiger charge is -2.08. The second kappa shape index (κ2) is 4.96. The van der Waals surface area contributed by atoms with Crippen LogP contribution >= 0.6 is 0 Å². The van der Waals surface area contributed by atoms with Crippen LogP contribution in [-0.4, -0.2) is 27.4 Å². The number of amides is 1. The number of nitrogens with one attached hydrogen (secondary N) is 1. The molecule has 112 valence electrons. The Hall–Kier alpha value is -2.67. The summed E-state index contributed by atoms with van der Waals surface area (Å²) in [7, 11) is -2.63. The van der Waals surface area contributed by atoms with Gasteiger partial charge in [0.05, 0.1) is 33.7 Å². The van der Waals surface area contributed by atoms with Gasteiger partial charge in [-0.3, -0.25) is 4.79 Å². The molecule has 0 fully saturated rings. The van der Waals surface area contributed by atoms with Crippen molar-refractivity contribution in [3.05, 3.63) is 53.6 Å². The predicted octanol–water partition coefficient (Wildman–Crippen LogP) is 1.87. The van der Waals surface area contributed by atoms with Gasteiger partial charge in [0.25, 0.3) is 5.91 Å². The van der Waals surface area contributed by atoms with E-state index in [-0.39, 0.29) is 26.6 Å². The van der Waals surface area contributed by atoms with E-state index in [1.165, 1.54) is 37.4 Å². The maximum absolute atomic E-state index is 12.7. The molecule has 2 aromatic carbocycles. The van der Waals surface area contributed by atoms with Crippen molar-refractivity contribution in [2.75, 3.05) is 12.4 Å². The molecule has 0 radical (unpaired) electrons. The number of esters is 1. The van der Waals surface area contributed by atoms with E-state index in [0.29, 0.717) is 0 Å². The second-order valence-corrected chi connectivity index (χ2v) is 6.54. The van der Waals surface area contributed by atoms with Gasteiger partial charge >= 0.3 is 5.97 Å². The SMILES string of the molecule is COC(=O)c1ccc2c(c1)NC(=O)c1ccccc1S2(=O)=O. The summed E-state index contributed by atoms with van der Waals surface area (Å²) in [6.45, 7) is 0. The summed E-state index contributed by atoms with van der Waals surface area (Å²) in [5.74, 6) is -1.16. The molecule has 0 atom stereocenters. The van der Waals surface area contributed by atoms with Crippen molar-refractivity contribution in [3.8, 4) is 0 Å². The molecular weight excluding hydrogens is 306 g/mol. The molecule has 1 aliphatic rings. The van der Waals surface area contributed by atoms with E-state index in [1.807, 2.05) is 0 Å². The zero-order valence-electron chi connectivity index (χ0n) is 11.5. The van der Waals surface area contributed by atoms with Gasteiger partial charge in [-0.15, -0.1) is 0 Å². The topological polar surface area (TPSA) is 89.5 Å². The molecular formula is C15H11NO5S. The molecule has 0 saturated carbocycles. The van der Waals surface area contributed by atoms with Gasteiger partial charge in [-0.2, -0.15) is 0 Å². The zero-order chi connectivity index (χ0) is 15.9. The average Bonchev–Trinajstić information content (AvgIpc) is 2.61. The summed E-state index contributed by atoms with van der Waals surface area (Å²) in [6.07, 6.45) is 0. The quantitative estimate of drug-likeness (QED) is 0.811. The third kappa shape index (κ3) is 2.06. The summed E-state index contributed by atoms with van der Waals surface area (Å²) in [5, 5.41) is 2.53. The normalized spacial score (nSPS) is 15.0. The first-order valence-corrected chi connectivity index (χ1v) is 7.81. The number of sulfone groups is 1. The van der Waals surface area contributed by atoms with E-state index in [9.17, 15) is 18.0 Å². The molecule has 1 N–H and O–H groups in total. The van der Waals surface area contributed by atoms with Crippen molar-refractivity contribution in [3.63, 3.8) is 0 Å². The van der Waals surface area contributed by atoms with Crippen LogP contribution < -0.4 is 5.32 Å². The average molecular weight is 317 g/mol. The van der Waals surface area contributed by atoms with Gasteiger partial charge < -0.3 is 10.1 Å². The minimum absolute atomic E-state index is 0.0570. The molecule has 0 unspecified atom stereocenters. The van der Waals surface area contributed by atoms with Crippen LogP contribution in [0.4, 0.5) is 5.69 Å². The maximum atomic E-state index is 12.7. The van der Waals surface area contributed by atoms with Crippen molar-refractivity contribution in [2.45, 2.75) is 9.79 Å². The standard InChI is InChI=1S/C15H11NO5S/c1-21-15(18)9-6-7-13-11(8-9)16-14(17)10-4-2-3-5-12(10)22(13,19)20/h2-8H,1H3,(H,16,17). The zero-order valence-corrected chi connectivity index (χ0v) is 12.3. The Morgan fingerprint density at radius 3 is 2.55 bits per heavy atom. The number of anilines is 1. The molecule has 22 heavy (non-hydrogen) atoms. The fourth-order valence-corrected chi connectivity index (χ4v) is 3.90. The van der Waals surface area contributed by atoms with Gasteiger partial charge in [-0.25, -0.2) is 13.2 Å². The second-order valence-electron chi connectivity index (χ2n) is 4.66. The molecule has 2 aromatic rings. The Labute approximate surface area is 126 Å². The number of carbonyl (C=O) groups excluding carboxylic acids is 2. The summed E-state index contributed by atoms with van der Waals surface area (Å²) < 4.78 is 30.0. The van der Waals surface area contributed by atoms with Crippen LogP contribution in [0.3, 0.4) is 0 Å². The molecule has 3 rings (SSSR count). The Morgan fingerprint density at radius 2 is 1.82 bits per heavy atom. The van der Waals surface area contributed by atoms with Gasteiger partial charge in [-0.05, 0) is 30.3 Å². The van der Waals surface area contributed by atoms with Gasteiger partial charge in [0.1, 0.15) is 0 Å². The molecule has 0 aliphatic carbocycles. The summed E-state index contributed by atoms with van der Waals surface area (Å²) >= 11 is 0. The van der Waals surface area contributed by atoms with Crippen LogP contribution in [0.1, 0.15) is 20.7 Å². The van der Waals surface area contributed by atoms with E-state index >= 15 is 0 Å². The van der Waals surface area contributed by atoms with Crippen molar-refractivity contribution < 1.29 is 22.7 Å². The van der Waals surface area contributed by atoms with Crippen molar-refractivity contribution in [2.24, 2.45) is 0 Å². The predicted molar refractivity (Wildman–Crippen MR) is 77.6 cm³/mol. The van der Waals surface area contributed by atoms with E-state index in [4.69, 9.17) is 0 Å². The lowest BCUT2D eigenvalue weighted by atomic mass is 10.2. The first-order valence-electron chi connectivity index (χ1n) is 6.33. The highest BCUT2D eigenvalue weighted by Gasteiger charge is 2.31. The monoisotopic (exact) mass is 317 g/mol. The number of benzene rings is 2. The van der Waals surface area contributed by atoms with E-state index in [2.05, 4.69) is 10.1 Å². The Bertz CT molecular complexity index is 902. The molecule has 0 spiro atoms. The maximum Gasteiger partial charge on any atom is 0.337 e. The van der Waals surface area contributed by atoms with Crippen LogP contribution in [0.2, 0.25) is 0 Å². The molecule has 1 heterocycles. The summed E-state index contributed by atoms with van der Waals surface area (Å²) in [4.78, 5) is 23.7. The van der Waals surface area contributed by atoms with Crippen LogP contribution in [0, 0.1) is 0 Å². The lowest BCUT2D eigenvalue weighted by Crippen LogP contribution is -2.12. The minimum Gasteiger partial charge on any atom is -0.465 e. The Morgan fingerprint density at radius 1 is 1.09 bits per heavy atom. The molecule has 0 aromatic heterocycles. The number of fused-ring (bicyclic) bond motifs is 2. The number of carbonyl (C=O) groups is 2. The number of rotatable bonds is 1. The first kappa shape index (κ1) is 14.3. The lowest BCUT2D eigenvalue weighted by molar-refractivity contribution is 0.0600. The number of ether oxygens (including phenoxy) is 1. The van der Waals surface area contributed by atoms with Crippen LogP contribution in [0.5, 0.6) is 0 Å². The molecule has 1 aliphatic heterocycles. The fourth-order valence-electron chi connectivity index (χ4n) is 2.30. The van der Waals surface area contributed by atoms with Gasteiger partial charge in [0.15, 0.2) is 0 Å². The highest BCUT2D eigenvalue weighted by Crippen LogP contribution is 2.34. The van der Waals surface area contributed by atoms with Crippen LogP contribution in [0.25, 0.3) is 0 Å². The summed E-state index contributed by atoms with van der Waals surface area (Å²) in [5.41, 5.74) is 0.283. The third-order valence-electron chi connectivity index (χ3n) is 3.36. The largest absolute Gasteiger partial charge is 0.465 e. The van der Waals surface area contributed by atoms with Gasteiger partial charge in [-0.1, -0.05) is 12.1 Å². The van der Waals surface area contributed by atoms with Gasteiger partial charge in [0, 0.05) is 0 Å². The fraction of sp³-hybridized carbons (Fsp3) is 0.0667. The van der Waals surface area contributed by atoms with Crippen LogP contribution in [-0.2, 0) is 14.6 Å². The van der Waals surface area contributed by atoms with Crippen molar-refractivity contribution in [1.82, 2.24) is 0 Å². The summed E-state index contributed by atoms with van der Waals surface area (Å²) in [6, 6.07) is 9.90.